The van der Waals surface area contributed by atoms with Gasteiger partial charge >= 0.3 is 0 Å². The number of sulfonamides is 1. The Morgan fingerprint density at radius 3 is 2.04 bits per heavy atom. The molecule has 0 radical (unpaired) electrons. The molecule has 0 aliphatic heterocycles. The molecule has 0 N–H and O–H groups in total. The Morgan fingerprint density at radius 2 is 1.42 bits per heavy atom. The maximum atomic E-state index is 13.3. The van der Waals surface area contributed by atoms with Crippen molar-refractivity contribution in [2.75, 3.05) is 4.31 Å². The van der Waals surface area contributed by atoms with Gasteiger partial charge in [-0.05, 0) is 65.9 Å². The number of nitrogens with zero attached hydrogens (tertiary/aromatic N) is 1. The third-order valence-corrected chi connectivity index (χ3v) is 6.50. The molecule has 0 spiro atoms. The summed E-state index contributed by atoms with van der Waals surface area (Å²) >= 11 is 2.03. The van der Waals surface area contributed by atoms with Gasteiger partial charge < -0.3 is 0 Å². The quantitative estimate of drug-likeness (QED) is 0.515. The minimum absolute atomic E-state index is 0.0752. The number of anilines is 1. The highest BCUT2D eigenvalue weighted by Crippen LogP contribution is 2.27. The van der Waals surface area contributed by atoms with Gasteiger partial charge in [0, 0.05) is 3.57 Å². The van der Waals surface area contributed by atoms with Crippen molar-refractivity contribution < 1.29 is 13.2 Å². The number of benzene rings is 3. The summed E-state index contributed by atoms with van der Waals surface area (Å²) in [6.07, 6.45) is 0. The molecule has 26 heavy (non-hydrogen) atoms. The number of amides is 1. The van der Waals surface area contributed by atoms with Crippen LogP contribution in [0.4, 0.5) is 5.69 Å². The van der Waals surface area contributed by atoms with Gasteiger partial charge in [-0.3, -0.25) is 4.79 Å². The van der Waals surface area contributed by atoms with E-state index >= 15 is 0 Å². The van der Waals surface area contributed by atoms with Crippen molar-refractivity contribution in [2.45, 2.75) is 11.8 Å². The van der Waals surface area contributed by atoms with Gasteiger partial charge in [-0.2, -0.15) is 4.31 Å². The fourth-order valence-electron chi connectivity index (χ4n) is 2.49. The van der Waals surface area contributed by atoms with Crippen molar-refractivity contribution in [3.05, 3.63) is 93.6 Å². The van der Waals surface area contributed by atoms with E-state index < -0.39 is 15.9 Å². The van der Waals surface area contributed by atoms with E-state index in [0.717, 1.165) is 9.87 Å². The molecule has 3 aromatic carbocycles. The minimum Gasteiger partial charge on any atom is -0.268 e. The van der Waals surface area contributed by atoms with E-state index in [1.807, 2.05) is 29.5 Å². The smallest absolute Gasteiger partial charge is 0.268 e. The molecular formula is C20H16INO3S. The number of halogens is 1. The summed E-state index contributed by atoms with van der Waals surface area (Å²) in [7, 11) is -4.05. The molecule has 0 unspecified atom stereocenters. The van der Waals surface area contributed by atoms with E-state index in [1.165, 1.54) is 12.1 Å². The van der Waals surface area contributed by atoms with Gasteiger partial charge in [0.05, 0.1) is 16.1 Å². The number of hydrogen-bond donors (Lipinski definition) is 0. The molecule has 4 nitrogen and oxygen atoms in total. The number of para-hydroxylation sites is 1. The molecule has 6 heteroatoms. The maximum absolute atomic E-state index is 13.3. The molecule has 0 aromatic heterocycles. The summed E-state index contributed by atoms with van der Waals surface area (Å²) < 4.78 is 28.1. The number of rotatable bonds is 4. The Kier molecular flexibility index (Phi) is 5.43. The van der Waals surface area contributed by atoms with Crippen molar-refractivity contribution in [3.8, 4) is 0 Å². The minimum atomic E-state index is -4.05. The number of aryl methyl sites for hydroxylation is 1. The lowest BCUT2D eigenvalue weighted by Crippen LogP contribution is -2.37. The fourth-order valence-corrected chi connectivity index (χ4v) is 4.51. The zero-order valence-electron chi connectivity index (χ0n) is 14.0. The molecule has 0 fully saturated rings. The molecule has 0 saturated heterocycles. The molecule has 0 aliphatic rings. The Labute approximate surface area is 166 Å². The number of carbonyl (C=O) groups is 1. The molecule has 0 atom stereocenters. The van der Waals surface area contributed by atoms with Crippen LogP contribution in [0.2, 0.25) is 0 Å². The monoisotopic (exact) mass is 477 g/mol. The summed E-state index contributed by atoms with van der Waals surface area (Å²) in [4.78, 5) is 13.3. The predicted octanol–water partition coefficient (Wildman–Crippen LogP) is 4.64. The van der Waals surface area contributed by atoms with Crippen LogP contribution < -0.4 is 4.31 Å². The first-order valence-corrected chi connectivity index (χ1v) is 10.4. The molecule has 0 saturated carbocycles. The average molecular weight is 477 g/mol. The Morgan fingerprint density at radius 1 is 0.846 bits per heavy atom. The summed E-state index contributed by atoms with van der Waals surface area (Å²) in [5, 5.41) is 0. The van der Waals surface area contributed by atoms with Gasteiger partial charge in [0.15, 0.2) is 0 Å². The van der Waals surface area contributed by atoms with Gasteiger partial charge in [0.1, 0.15) is 0 Å². The van der Waals surface area contributed by atoms with Gasteiger partial charge in [0.2, 0.25) is 0 Å². The second-order valence-electron chi connectivity index (χ2n) is 5.70. The zero-order valence-corrected chi connectivity index (χ0v) is 16.9. The van der Waals surface area contributed by atoms with E-state index in [2.05, 4.69) is 0 Å². The second kappa shape index (κ2) is 7.59. The summed E-state index contributed by atoms with van der Waals surface area (Å²) in [5.74, 6) is -0.582. The van der Waals surface area contributed by atoms with Crippen LogP contribution in [0, 0.1) is 10.5 Å². The lowest BCUT2D eigenvalue weighted by molar-refractivity contribution is 0.100. The van der Waals surface area contributed by atoms with Gasteiger partial charge in [-0.25, -0.2) is 8.42 Å². The average Bonchev–Trinajstić information content (AvgIpc) is 2.63. The largest absolute Gasteiger partial charge is 0.273 e. The Bertz CT molecular complexity index is 1030. The molecule has 3 aromatic rings. The van der Waals surface area contributed by atoms with Crippen LogP contribution in [-0.4, -0.2) is 14.3 Å². The standard InChI is InChI=1S/C20H16INO3S/c1-15-11-13-17(14-12-15)26(24,25)22(16-7-3-2-4-8-16)20(23)18-9-5-6-10-19(18)21/h2-14H,1H3. The van der Waals surface area contributed by atoms with E-state index in [-0.39, 0.29) is 4.90 Å². The molecule has 0 heterocycles. The van der Waals surface area contributed by atoms with Crippen molar-refractivity contribution >= 4 is 44.2 Å². The van der Waals surface area contributed by atoms with E-state index in [4.69, 9.17) is 0 Å². The van der Waals surface area contributed by atoms with Crippen LogP contribution in [0.3, 0.4) is 0 Å². The first-order chi connectivity index (χ1) is 12.4. The highest BCUT2D eigenvalue weighted by Gasteiger charge is 2.32. The summed E-state index contributed by atoms with van der Waals surface area (Å²) in [6.45, 7) is 1.88. The van der Waals surface area contributed by atoms with Crippen molar-refractivity contribution in [2.24, 2.45) is 0 Å². The normalized spacial score (nSPS) is 11.2. The lowest BCUT2D eigenvalue weighted by Gasteiger charge is -2.23. The Balaban J connectivity index is 2.18. The van der Waals surface area contributed by atoms with Gasteiger partial charge in [0.25, 0.3) is 15.9 Å². The summed E-state index contributed by atoms with van der Waals surface area (Å²) in [5.41, 5.74) is 1.59. The van der Waals surface area contributed by atoms with Crippen molar-refractivity contribution in [1.82, 2.24) is 0 Å². The van der Waals surface area contributed by atoms with Crippen LogP contribution in [0.25, 0.3) is 0 Å². The van der Waals surface area contributed by atoms with Crippen molar-refractivity contribution in [1.29, 1.82) is 0 Å². The third-order valence-electron chi connectivity index (χ3n) is 3.84. The number of carbonyl (C=O) groups excluding carboxylic acids is 1. The topological polar surface area (TPSA) is 54.5 Å². The first-order valence-electron chi connectivity index (χ1n) is 7.87. The molecule has 0 bridgehead atoms. The first kappa shape index (κ1) is 18.6. The van der Waals surface area contributed by atoms with E-state index in [1.54, 1.807) is 66.7 Å². The van der Waals surface area contributed by atoms with Crippen LogP contribution in [-0.2, 0) is 10.0 Å². The van der Waals surface area contributed by atoms with Crippen LogP contribution >= 0.6 is 22.6 Å². The molecule has 132 valence electrons. The molecule has 3 rings (SSSR count). The summed E-state index contributed by atoms with van der Waals surface area (Å²) in [6, 6.07) is 21.8. The van der Waals surface area contributed by atoms with Gasteiger partial charge in [-0.15, -0.1) is 0 Å². The predicted molar refractivity (Wildman–Crippen MR) is 111 cm³/mol. The molecule has 1 amide bonds. The highest BCUT2D eigenvalue weighted by atomic mass is 127. The highest BCUT2D eigenvalue weighted by molar-refractivity contribution is 14.1. The second-order valence-corrected chi connectivity index (χ2v) is 8.65. The molecule has 0 aliphatic carbocycles. The maximum Gasteiger partial charge on any atom is 0.273 e. The zero-order chi connectivity index (χ0) is 18.7. The number of hydrogen-bond acceptors (Lipinski definition) is 3. The van der Waals surface area contributed by atoms with E-state index in [9.17, 15) is 13.2 Å². The Hall–Kier alpha value is -2.19. The SMILES string of the molecule is Cc1ccc(S(=O)(=O)N(C(=O)c2ccccc2I)c2ccccc2)cc1. The lowest BCUT2D eigenvalue weighted by atomic mass is 10.2. The fraction of sp³-hybridized carbons (Fsp3) is 0.0500. The molecular weight excluding hydrogens is 461 g/mol. The van der Waals surface area contributed by atoms with E-state index in [0.29, 0.717) is 14.8 Å². The third kappa shape index (κ3) is 3.66. The van der Waals surface area contributed by atoms with Crippen molar-refractivity contribution in [3.63, 3.8) is 0 Å². The van der Waals surface area contributed by atoms with Gasteiger partial charge in [-0.1, -0.05) is 48.0 Å². The van der Waals surface area contributed by atoms with Crippen LogP contribution in [0.1, 0.15) is 15.9 Å². The van der Waals surface area contributed by atoms with Crippen LogP contribution in [0.15, 0.2) is 83.8 Å². The van der Waals surface area contributed by atoms with Crippen LogP contribution in [0.5, 0.6) is 0 Å².